The zero-order valence-corrected chi connectivity index (χ0v) is 10.4. The van der Waals surface area contributed by atoms with Crippen molar-refractivity contribution in [2.24, 2.45) is 0 Å². The Kier molecular flexibility index (Phi) is 4.40. The maximum Gasteiger partial charge on any atom is 0.224 e. The van der Waals surface area contributed by atoms with Gasteiger partial charge in [-0.3, -0.25) is 4.79 Å². The van der Waals surface area contributed by atoms with Crippen LogP contribution in [-0.2, 0) is 16.0 Å². The second kappa shape index (κ2) is 6.03. The molecule has 0 spiro atoms. The van der Waals surface area contributed by atoms with Gasteiger partial charge in [-0.05, 0) is 30.5 Å². The van der Waals surface area contributed by atoms with E-state index in [1.54, 1.807) is 6.07 Å². The fourth-order valence-electron chi connectivity index (χ4n) is 1.93. The number of hydrogen-bond acceptors (Lipinski definition) is 2. The molecule has 1 aromatic carbocycles. The first-order valence-electron chi connectivity index (χ1n) is 5.87. The van der Waals surface area contributed by atoms with E-state index in [1.165, 1.54) is 0 Å². The number of benzene rings is 1. The van der Waals surface area contributed by atoms with Gasteiger partial charge in [-0.2, -0.15) is 0 Å². The Labute approximate surface area is 106 Å². The van der Waals surface area contributed by atoms with Gasteiger partial charge in [0.15, 0.2) is 0 Å². The molecule has 1 atom stereocenters. The highest BCUT2D eigenvalue weighted by molar-refractivity contribution is 6.30. The van der Waals surface area contributed by atoms with Crippen LogP contribution in [0.2, 0.25) is 5.02 Å². The second-order valence-corrected chi connectivity index (χ2v) is 4.68. The summed E-state index contributed by atoms with van der Waals surface area (Å²) < 4.78 is 5.44. The fourth-order valence-corrected chi connectivity index (χ4v) is 2.14. The van der Waals surface area contributed by atoms with Crippen LogP contribution in [0.4, 0.5) is 0 Å². The lowest BCUT2D eigenvalue weighted by molar-refractivity contribution is -0.120. The third kappa shape index (κ3) is 4.02. The molecule has 0 bridgehead atoms. The summed E-state index contributed by atoms with van der Waals surface area (Å²) in [4.78, 5) is 11.7. The summed E-state index contributed by atoms with van der Waals surface area (Å²) in [7, 11) is 0. The van der Waals surface area contributed by atoms with Crippen molar-refractivity contribution in [3.63, 3.8) is 0 Å². The monoisotopic (exact) mass is 253 g/mol. The molecule has 1 amide bonds. The van der Waals surface area contributed by atoms with Gasteiger partial charge >= 0.3 is 0 Å². The van der Waals surface area contributed by atoms with Crippen molar-refractivity contribution in [2.45, 2.75) is 25.4 Å². The molecule has 1 fully saturated rings. The Morgan fingerprint density at radius 1 is 1.53 bits per heavy atom. The summed E-state index contributed by atoms with van der Waals surface area (Å²) >= 11 is 5.86. The number of carbonyl (C=O) groups is 1. The SMILES string of the molecule is O=C(Cc1cccc(Cl)c1)NC[C@H]1CCCO1. The number of ether oxygens (including phenoxy) is 1. The first-order valence-corrected chi connectivity index (χ1v) is 6.24. The highest BCUT2D eigenvalue weighted by Crippen LogP contribution is 2.12. The molecule has 1 aliphatic rings. The van der Waals surface area contributed by atoms with Crippen LogP contribution in [0, 0.1) is 0 Å². The van der Waals surface area contributed by atoms with Crippen molar-refractivity contribution >= 4 is 17.5 Å². The minimum atomic E-state index is 0.0165. The fraction of sp³-hybridized carbons (Fsp3) is 0.462. The molecule has 0 unspecified atom stereocenters. The van der Waals surface area contributed by atoms with Crippen LogP contribution >= 0.6 is 11.6 Å². The number of rotatable bonds is 4. The van der Waals surface area contributed by atoms with Gasteiger partial charge in [0.1, 0.15) is 0 Å². The number of halogens is 1. The molecule has 1 heterocycles. The van der Waals surface area contributed by atoms with Gasteiger partial charge in [0.25, 0.3) is 0 Å². The van der Waals surface area contributed by atoms with Gasteiger partial charge in [0, 0.05) is 18.2 Å². The molecule has 4 heteroatoms. The van der Waals surface area contributed by atoms with Crippen LogP contribution in [0.15, 0.2) is 24.3 Å². The summed E-state index contributed by atoms with van der Waals surface area (Å²) in [6, 6.07) is 7.37. The lowest BCUT2D eigenvalue weighted by atomic mass is 10.1. The Morgan fingerprint density at radius 2 is 2.41 bits per heavy atom. The molecule has 17 heavy (non-hydrogen) atoms. The van der Waals surface area contributed by atoms with Crippen LogP contribution in [-0.4, -0.2) is 25.2 Å². The van der Waals surface area contributed by atoms with Crippen LogP contribution in [0.3, 0.4) is 0 Å². The lowest BCUT2D eigenvalue weighted by Gasteiger charge is -2.10. The van der Waals surface area contributed by atoms with E-state index >= 15 is 0 Å². The summed E-state index contributed by atoms with van der Waals surface area (Å²) in [5, 5.41) is 3.55. The number of hydrogen-bond donors (Lipinski definition) is 1. The van der Waals surface area contributed by atoms with Gasteiger partial charge in [-0.15, -0.1) is 0 Å². The summed E-state index contributed by atoms with van der Waals surface area (Å²) in [6.07, 6.45) is 2.69. The zero-order valence-electron chi connectivity index (χ0n) is 9.62. The molecule has 1 saturated heterocycles. The Morgan fingerprint density at radius 3 is 3.12 bits per heavy atom. The van der Waals surface area contributed by atoms with Gasteiger partial charge in [-0.1, -0.05) is 23.7 Å². The van der Waals surface area contributed by atoms with Crippen LogP contribution in [0.5, 0.6) is 0 Å². The molecular formula is C13H16ClNO2. The van der Waals surface area contributed by atoms with Crippen molar-refractivity contribution in [1.82, 2.24) is 5.32 Å². The van der Waals surface area contributed by atoms with Gasteiger partial charge in [0.05, 0.1) is 12.5 Å². The van der Waals surface area contributed by atoms with Crippen molar-refractivity contribution in [3.05, 3.63) is 34.9 Å². The van der Waals surface area contributed by atoms with E-state index in [2.05, 4.69) is 5.32 Å². The van der Waals surface area contributed by atoms with E-state index in [0.29, 0.717) is 18.0 Å². The normalized spacial score (nSPS) is 19.2. The average Bonchev–Trinajstić information content (AvgIpc) is 2.79. The Bertz CT molecular complexity index is 389. The first kappa shape index (κ1) is 12.4. The third-order valence-corrected chi connectivity index (χ3v) is 3.04. The minimum absolute atomic E-state index is 0.0165. The van der Waals surface area contributed by atoms with Gasteiger partial charge in [0.2, 0.25) is 5.91 Å². The average molecular weight is 254 g/mol. The summed E-state index contributed by atoms with van der Waals surface area (Å²) in [6.45, 7) is 1.42. The smallest absolute Gasteiger partial charge is 0.224 e. The highest BCUT2D eigenvalue weighted by Gasteiger charge is 2.16. The van der Waals surface area contributed by atoms with Crippen molar-refractivity contribution in [1.29, 1.82) is 0 Å². The first-order chi connectivity index (χ1) is 8.24. The number of amides is 1. The van der Waals surface area contributed by atoms with E-state index < -0.39 is 0 Å². The molecule has 3 nitrogen and oxygen atoms in total. The molecular weight excluding hydrogens is 238 g/mol. The lowest BCUT2D eigenvalue weighted by Crippen LogP contribution is -2.32. The Balaban J connectivity index is 1.76. The maximum atomic E-state index is 11.7. The quantitative estimate of drug-likeness (QED) is 0.893. The standard InChI is InChI=1S/C13H16ClNO2/c14-11-4-1-3-10(7-11)8-13(16)15-9-12-5-2-6-17-12/h1,3-4,7,12H,2,5-6,8-9H2,(H,15,16)/t12-/m1/s1. The van der Waals surface area contributed by atoms with Crippen LogP contribution < -0.4 is 5.32 Å². The van der Waals surface area contributed by atoms with E-state index in [1.807, 2.05) is 18.2 Å². The van der Waals surface area contributed by atoms with E-state index in [4.69, 9.17) is 16.3 Å². The molecule has 0 radical (unpaired) electrons. The van der Waals surface area contributed by atoms with Gasteiger partial charge in [-0.25, -0.2) is 0 Å². The number of carbonyl (C=O) groups excluding carboxylic acids is 1. The van der Waals surface area contributed by atoms with Gasteiger partial charge < -0.3 is 10.1 Å². The second-order valence-electron chi connectivity index (χ2n) is 4.25. The zero-order chi connectivity index (χ0) is 12.1. The van der Waals surface area contributed by atoms with Crippen LogP contribution in [0.25, 0.3) is 0 Å². The largest absolute Gasteiger partial charge is 0.376 e. The van der Waals surface area contributed by atoms with E-state index in [9.17, 15) is 4.79 Å². The highest BCUT2D eigenvalue weighted by atomic mass is 35.5. The topological polar surface area (TPSA) is 38.3 Å². The maximum absolute atomic E-state index is 11.7. The minimum Gasteiger partial charge on any atom is -0.376 e. The number of nitrogens with one attached hydrogen (secondary N) is 1. The van der Waals surface area contributed by atoms with Crippen LogP contribution in [0.1, 0.15) is 18.4 Å². The molecule has 1 N–H and O–H groups in total. The van der Waals surface area contributed by atoms with E-state index in [-0.39, 0.29) is 12.0 Å². The molecule has 1 aromatic rings. The molecule has 2 rings (SSSR count). The molecule has 92 valence electrons. The third-order valence-electron chi connectivity index (χ3n) is 2.80. The molecule has 0 saturated carbocycles. The van der Waals surface area contributed by atoms with Crippen molar-refractivity contribution in [2.75, 3.05) is 13.2 Å². The Hall–Kier alpha value is -1.06. The predicted octanol–water partition coefficient (Wildman–Crippen LogP) is 2.18. The van der Waals surface area contributed by atoms with E-state index in [0.717, 1.165) is 25.0 Å². The molecule has 0 aromatic heterocycles. The predicted molar refractivity (Wildman–Crippen MR) is 67.1 cm³/mol. The summed E-state index contributed by atoms with van der Waals surface area (Å²) in [5.41, 5.74) is 0.933. The van der Waals surface area contributed by atoms with Crippen molar-refractivity contribution in [3.8, 4) is 0 Å². The van der Waals surface area contributed by atoms with Crippen molar-refractivity contribution < 1.29 is 9.53 Å². The summed E-state index contributed by atoms with van der Waals surface area (Å²) in [5.74, 6) is 0.0165. The molecule has 0 aliphatic carbocycles. The molecule has 1 aliphatic heterocycles.